The Morgan fingerprint density at radius 2 is 1.69 bits per heavy atom. The van der Waals surface area contributed by atoms with Crippen LogP contribution < -0.4 is 15.8 Å². The zero-order valence-corrected chi connectivity index (χ0v) is 14.5. The van der Waals surface area contributed by atoms with Gasteiger partial charge in [0.25, 0.3) is 5.91 Å². The van der Waals surface area contributed by atoms with Crippen molar-refractivity contribution in [2.45, 2.75) is 12.5 Å². The van der Waals surface area contributed by atoms with Crippen molar-refractivity contribution in [3.63, 3.8) is 0 Å². The smallest absolute Gasteiger partial charge is 0.337 e. The third-order valence-electron chi connectivity index (χ3n) is 3.79. The Morgan fingerprint density at radius 1 is 1.04 bits per heavy atom. The molecule has 0 bridgehead atoms. The average Bonchev–Trinajstić information content (AvgIpc) is 2.67. The van der Waals surface area contributed by atoms with E-state index in [0.717, 1.165) is 5.56 Å². The van der Waals surface area contributed by atoms with Crippen LogP contribution in [0.2, 0.25) is 0 Å². The van der Waals surface area contributed by atoms with Gasteiger partial charge in [-0.25, -0.2) is 4.79 Å². The van der Waals surface area contributed by atoms with E-state index >= 15 is 0 Å². The van der Waals surface area contributed by atoms with Gasteiger partial charge < -0.3 is 20.5 Å². The number of nitrogens with one attached hydrogen (secondary N) is 1. The molecule has 2 aromatic rings. The lowest BCUT2D eigenvalue weighted by Gasteiger charge is -2.16. The van der Waals surface area contributed by atoms with E-state index in [1.54, 1.807) is 37.4 Å². The lowest BCUT2D eigenvalue weighted by Crippen LogP contribution is -2.45. The Labute approximate surface area is 151 Å². The first kappa shape index (κ1) is 19.0. The van der Waals surface area contributed by atoms with Crippen LogP contribution in [0.1, 0.15) is 26.3 Å². The van der Waals surface area contributed by atoms with Crippen molar-refractivity contribution in [3.05, 3.63) is 65.2 Å². The van der Waals surface area contributed by atoms with Crippen molar-refractivity contribution in [2.75, 3.05) is 14.2 Å². The summed E-state index contributed by atoms with van der Waals surface area (Å²) in [6.45, 7) is 0. The highest BCUT2D eigenvalue weighted by molar-refractivity contribution is 5.99. The quantitative estimate of drug-likeness (QED) is 0.727. The van der Waals surface area contributed by atoms with Crippen molar-refractivity contribution >= 4 is 17.8 Å². The second-order valence-electron chi connectivity index (χ2n) is 5.55. The summed E-state index contributed by atoms with van der Waals surface area (Å²) < 4.78 is 9.72. The van der Waals surface area contributed by atoms with Crippen molar-refractivity contribution in [1.29, 1.82) is 0 Å². The maximum atomic E-state index is 12.4. The highest BCUT2D eigenvalue weighted by Crippen LogP contribution is 2.13. The maximum Gasteiger partial charge on any atom is 0.337 e. The normalized spacial score (nSPS) is 11.3. The second kappa shape index (κ2) is 8.66. The molecule has 7 heteroatoms. The van der Waals surface area contributed by atoms with E-state index in [1.165, 1.54) is 25.3 Å². The van der Waals surface area contributed by atoms with E-state index in [1.807, 2.05) is 0 Å². The van der Waals surface area contributed by atoms with Crippen LogP contribution in [-0.2, 0) is 16.0 Å². The van der Waals surface area contributed by atoms with Gasteiger partial charge in [-0.1, -0.05) is 18.2 Å². The van der Waals surface area contributed by atoms with Crippen molar-refractivity contribution in [3.8, 4) is 5.75 Å². The molecule has 3 N–H and O–H groups in total. The van der Waals surface area contributed by atoms with Gasteiger partial charge in [0.2, 0.25) is 5.91 Å². The van der Waals surface area contributed by atoms with Gasteiger partial charge in [-0.3, -0.25) is 9.59 Å². The summed E-state index contributed by atoms with van der Waals surface area (Å²) in [6, 6.07) is 12.2. The van der Waals surface area contributed by atoms with E-state index in [-0.39, 0.29) is 17.5 Å². The molecule has 0 aliphatic rings. The summed E-state index contributed by atoms with van der Waals surface area (Å²) >= 11 is 0. The van der Waals surface area contributed by atoms with Crippen molar-refractivity contribution < 1.29 is 23.9 Å². The van der Waals surface area contributed by atoms with Gasteiger partial charge in [0.05, 0.1) is 19.8 Å². The number of hydrogen-bond acceptors (Lipinski definition) is 5. The molecule has 2 amide bonds. The van der Waals surface area contributed by atoms with Crippen LogP contribution in [-0.4, -0.2) is 38.0 Å². The monoisotopic (exact) mass is 356 g/mol. The van der Waals surface area contributed by atoms with Gasteiger partial charge in [-0.05, 0) is 35.9 Å². The Morgan fingerprint density at radius 3 is 2.27 bits per heavy atom. The van der Waals surface area contributed by atoms with Crippen molar-refractivity contribution in [2.24, 2.45) is 5.73 Å². The third kappa shape index (κ3) is 4.83. The lowest BCUT2D eigenvalue weighted by atomic mass is 10.0. The maximum absolute atomic E-state index is 12.4. The average molecular weight is 356 g/mol. The molecule has 0 heterocycles. The Bertz CT molecular complexity index is 802. The number of methoxy groups -OCH3 is 2. The fourth-order valence-corrected chi connectivity index (χ4v) is 2.37. The van der Waals surface area contributed by atoms with Gasteiger partial charge in [-0.2, -0.15) is 0 Å². The van der Waals surface area contributed by atoms with Crippen LogP contribution in [0, 0.1) is 0 Å². The van der Waals surface area contributed by atoms with Crippen LogP contribution in [0.15, 0.2) is 48.5 Å². The molecule has 0 aliphatic heterocycles. The molecule has 0 aromatic heterocycles. The molecule has 0 aliphatic carbocycles. The van der Waals surface area contributed by atoms with Crippen LogP contribution >= 0.6 is 0 Å². The Balaban J connectivity index is 2.12. The van der Waals surface area contributed by atoms with Gasteiger partial charge in [-0.15, -0.1) is 0 Å². The van der Waals surface area contributed by atoms with E-state index in [2.05, 4.69) is 10.1 Å². The number of ether oxygens (including phenoxy) is 2. The highest BCUT2D eigenvalue weighted by Gasteiger charge is 2.20. The van der Waals surface area contributed by atoms with E-state index in [0.29, 0.717) is 5.75 Å². The zero-order chi connectivity index (χ0) is 19.1. The number of rotatable bonds is 7. The molecule has 0 saturated heterocycles. The summed E-state index contributed by atoms with van der Waals surface area (Å²) in [4.78, 5) is 35.7. The molecule has 2 rings (SSSR count). The highest BCUT2D eigenvalue weighted by atomic mass is 16.5. The molecule has 0 saturated carbocycles. The minimum Gasteiger partial charge on any atom is -0.497 e. The molecule has 136 valence electrons. The SMILES string of the molecule is COC(=O)c1cccc(C(=O)N[C@@H](Cc2ccc(OC)cc2)C(N)=O)c1. The van der Waals surface area contributed by atoms with E-state index in [9.17, 15) is 14.4 Å². The first-order valence-corrected chi connectivity index (χ1v) is 7.86. The van der Waals surface area contributed by atoms with Gasteiger partial charge in [0.1, 0.15) is 11.8 Å². The lowest BCUT2D eigenvalue weighted by molar-refractivity contribution is -0.119. The third-order valence-corrected chi connectivity index (χ3v) is 3.79. The topological polar surface area (TPSA) is 108 Å². The van der Waals surface area contributed by atoms with Gasteiger partial charge >= 0.3 is 5.97 Å². The molecule has 7 nitrogen and oxygen atoms in total. The number of carbonyl (C=O) groups excluding carboxylic acids is 3. The first-order chi connectivity index (χ1) is 12.4. The Hall–Kier alpha value is -3.35. The molecule has 0 spiro atoms. The number of primary amides is 1. The summed E-state index contributed by atoms with van der Waals surface area (Å²) in [5.41, 5.74) is 6.70. The van der Waals surface area contributed by atoms with E-state index < -0.39 is 23.8 Å². The molecule has 0 radical (unpaired) electrons. The first-order valence-electron chi connectivity index (χ1n) is 7.86. The standard InChI is InChI=1S/C19H20N2O5/c1-25-15-8-6-12(7-9-15)10-16(17(20)22)21-18(23)13-4-3-5-14(11-13)19(24)26-2/h3-9,11,16H,10H2,1-2H3,(H2,20,22)(H,21,23)/t16-/m0/s1. The van der Waals surface area contributed by atoms with Crippen LogP contribution in [0.25, 0.3) is 0 Å². The molecular formula is C19H20N2O5. The number of hydrogen-bond donors (Lipinski definition) is 2. The largest absolute Gasteiger partial charge is 0.497 e. The number of benzene rings is 2. The molecule has 1 atom stereocenters. The number of nitrogens with two attached hydrogens (primary N) is 1. The zero-order valence-electron chi connectivity index (χ0n) is 14.5. The molecule has 0 fully saturated rings. The number of amides is 2. The predicted molar refractivity (Wildman–Crippen MR) is 94.9 cm³/mol. The summed E-state index contributed by atoms with van der Waals surface area (Å²) in [7, 11) is 2.82. The fraction of sp³-hybridized carbons (Fsp3) is 0.211. The fourth-order valence-electron chi connectivity index (χ4n) is 2.37. The molecule has 26 heavy (non-hydrogen) atoms. The number of carbonyl (C=O) groups is 3. The van der Waals surface area contributed by atoms with Crippen molar-refractivity contribution in [1.82, 2.24) is 5.32 Å². The molecule has 2 aromatic carbocycles. The van der Waals surface area contributed by atoms with Gasteiger partial charge in [0, 0.05) is 12.0 Å². The summed E-state index contributed by atoms with van der Waals surface area (Å²) in [5.74, 6) is -1.02. The van der Waals surface area contributed by atoms with Crippen LogP contribution in [0.5, 0.6) is 5.75 Å². The minimum atomic E-state index is -0.891. The minimum absolute atomic E-state index is 0.230. The second-order valence-corrected chi connectivity index (χ2v) is 5.55. The van der Waals surface area contributed by atoms with E-state index in [4.69, 9.17) is 10.5 Å². The van der Waals surface area contributed by atoms with Crippen LogP contribution in [0.3, 0.4) is 0 Å². The Kier molecular flexibility index (Phi) is 6.32. The molecular weight excluding hydrogens is 336 g/mol. The molecule has 0 unspecified atom stereocenters. The summed E-state index contributed by atoms with van der Waals surface area (Å²) in [6.07, 6.45) is 0.238. The van der Waals surface area contributed by atoms with Gasteiger partial charge in [0.15, 0.2) is 0 Å². The summed E-state index contributed by atoms with van der Waals surface area (Å²) in [5, 5.41) is 2.60. The number of esters is 1. The van der Waals surface area contributed by atoms with Crippen LogP contribution in [0.4, 0.5) is 0 Å². The predicted octanol–water partition coefficient (Wildman–Crippen LogP) is 1.31.